The zero-order valence-electron chi connectivity index (χ0n) is 16.7. The van der Waals surface area contributed by atoms with Crippen molar-refractivity contribution in [1.29, 1.82) is 5.26 Å². The van der Waals surface area contributed by atoms with E-state index in [0.29, 0.717) is 12.8 Å². The van der Waals surface area contributed by atoms with Gasteiger partial charge in [0, 0.05) is 18.2 Å². The Balaban J connectivity index is 2.34. The second-order valence-electron chi connectivity index (χ2n) is 6.44. The lowest BCUT2D eigenvalue weighted by molar-refractivity contribution is 0.189. The largest absolute Gasteiger partial charge is 0.479 e. The first kappa shape index (κ1) is 22.6. The summed E-state index contributed by atoms with van der Waals surface area (Å²) in [7, 11) is 1.28. The quantitative estimate of drug-likeness (QED) is 0.484. The van der Waals surface area contributed by atoms with Crippen molar-refractivity contribution in [3.63, 3.8) is 0 Å². The lowest BCUT2D eigenvalue weighted by atomic mass is 10.0. The van der Waals surface area contributed by atoms with Crippen LogP contribution in [0.25, 0.3) is 0 Å². The molecule has 0 spiro atoms. The molecule has 0 unspecified atom stereocenters. The molecule has 2 atom stereocenters. The van der Waals surface area contributed by atoms with Crippen LogP contribution in [0.1, 0.15) is 32.3 Å². The predicted molar refractivity (Wildman–Crippen MR) is 106 cm³/mol. The zero-order valence-corrected chi connectivity index (χ0v) is 16.7. The maximum absolute atomic E-state index is 14.5. The summed E-state index contributed by atoms with van der Waals surface area (Å²) in [6.07, 6.45) is 1.33. The number of ether oxygens (including phenoxy) is 1. The number of carbonyl (C=O) groups is 1. The normalized spacial score (nSPS) is 12.4. The highest BCUT2D eigenvalue weighted by Gasteiger charge is 2.21. The third kappa shape index (κ3) is 5.66. The average Bonchev–Trinajstić information content (AvgIpc) is 2.69. The Kier molecular flexibility index (Phi) is 7.69. The van der Waals surface area contributed by atoms with Gasteiger partial charge < -0.3 is 25.8 Å². The second-order valence-corrected chi connectivity index (χ2v) is 6.44. The number of amides is 1. The molecule has 160 valence electrons. The SMILES string of the molecule is CCC[C@@H](Nc1nc(Nc2cnc(OC)c(F)c2)c(C#N)cc1F)[C@H](C)NC(=O)O. The molecule has 11 heteroatoms. The molecule has 0 bridgehead atoms. The number of pyridine rings is 2. The van der Waals surface area contributed by atoms with Crippen LogP contribution in [0, 0.1) is 23.0 Å². The van der Waals surface area contributed by atoms with Crippen molar-refractivity contribution in [3.8, 4) is 11.9 Å². The molecule has 2 aromatic heterocycles. The fourth-order valence-corrected chi connectivity index (χ4v) is 2.78. The summed E-state index contributed by atoms with van der Waals surface area (Å²) in [4.78, 5) is 18.8. The summed E-state index contributed by atoms with van der Waals surface area (Å²) >= 11 is 0. The van der Waals surface area contributed by atoms with Gasteiger partial charge in [0.25, 0.3) is 0 Å². The lowest BCUT2D eigenvalue weighted by Crippen LogP contribution is -2.44. The molecule has 1 amide bonds. The van der Waals surface area contributed by atoms with E-state index in [-0.39, 0.29) is 28.8 Å². The summed E-state index contributed by atoms with van der Waals surface area (Å²) < 4.78 is 33.2. The maximum Gasteiger partial charge on any atom is 0.404 e. The van der Waals surface area contributed by atoms with Gasteiger partial charge in [-0.25, -0.2) is 23.5 Å². The van der Waals surface area contributed by atoms with Crippen LogP contribution >= 0.6 is 0 Å². The van der Waals surface area contributed by atoms with Gasteiger partial charge in [0.2, 0.25) is 5.88 Å². The molecule has 0 aliphatic heterocycles. The number of anilines is 3. The van der Waals surface area contributed by atoms with Crippen LogP contribution in [-0.2, 0) is 0 Å². The number of halogens is 2. The minimum absolute atomic E-state index is 0.0122. The molecule has 0 aliphatic carbocycles. The molecular formula is C19H22F2N6O3. The molecule has 30 heavy (non-hydrogen) atoms. The number of hydrogen-bond donors (Lipinski definition) is 4. The van der Waals surface area contributed by atoms with Gasteiger partial charge in [0.1, 0.15) is 6.07 Å². The van der Waals surface area contributed by atoms with Crippen molar-refractivity contribution < 1.29 is 23.4 Å². The van der Waals surface area contributed by atoms with Gasteiger partial charge in [-0.3, -0.25) is 0 Å². The number of aromatic nitrogens is 2. The number of methoxy groups -OCH3 is 1. The Morgan fingerprint density at radius 2 is 2.07 bits per heavy atom. The molecule has 2 aromatic rings. The van der Waals surface area contributed by atoms with Crippen LogP contribution in [0.2, 0.25) is 0 Å². The second kappa shape index (κ2) is 10.2. The van der Waals surface area contributed by atoms with Crippen LogP contribution in [-0.4, -0.2) is 40.4 Å². The van der Waals surface area contributed by atoms with Crippen molar-refractivity contribution in [2.24, 2.45) is 0 Å². The fraction of sp³-hybridized carbons (Fsp3) is 0.368. The summed E-state index contributed by atoms with van der Waals surface area (Å²) in [5, 5.41) is 26.2. The highest BCUT2D eigenvalue weighted by Crippen LogP contribution is 2.26. The molecule has 0 saturated heterocycles. The predicted octanol–water partition coefficient (Wildman–Crippen LogP) is 3.62. The van der Waals surface area contributed by atoms with Gasteiger partial charge in [0.15, 0.2) is 23.3 Å². The topological polar surface area (TPSA) is 132 Å². The van der Waals surface area contributed by atoms with E-state index in [1.165, 1.54) is 13.3 Å². The van der Waals surface area contributed by atoms with E-state index in [1.54, 1.807) is 6.92 Å². The average molecular weight is 420 g/mol. The van der Waals surface area contributed by atoms with E-state index < -0.39 is 29.8 Å². The molecule has 4 N–H and O–H groups in total. The monoisotopic (exact) mass is 420 g/mol. The fourth-order valence-electron chi connectivity index (χ4n) is 2.78. The number of nitriles is 1. The summed E-state index contributed by atoms with van der Waals surface area (Å²) in [5.41, 5.74) is 0.0823. The lowest BCUT2D eigenvalue weighted by Gasteiger charge is -2.25. The molecule has 0 fully saturated rings. The highest BCUT2D eigenvalue weighted by molar-refractivity contribution is 5.66. The number of nitrogens with one attached hydrogen (secondary N) is 3. The number of hydrogen-bond acceptors (Lipinski definition) is 7. The minimum atomic E-state index is -1.20. The van der Waals surface area contributed by atoms with E-state index in [0.717, 1.165) is 12.1 Å². The van der Waals surface area contributed by atoms with E-state index in [4.69, 9.17) is 9.84 Å². The molecule has 9 nitrogen and oxygen atoms in total. The Labute approximate surface area is 172 Å². The van der Waals surface area contributed by atoms with Gasteiger partial charge in [-0.15, -0.1) is 0 Å². The summed E-state index contributed by atoms with van der Waals surface area (Å²) in [6, 6.07) is 2.94. The molecule has 2 rings (SSSR count). The first-order valence-corrected chi connectivity index (χ1v) is 9.12. The third-order valence-corrected chi connectivity index (χ3v) is 4.24. The maximum atomic E-state index is 14.5. The van der Waals surface area contributed by atoms with Crippen molar-refractivity contribution in [2.75, 3.05) is 17.7 Å². The van der Waals surface area contributed by atoms with Gasteiger partial charge in [-0.2, -0.15) is 5.26 Å². The standard InChI is InChI=1S/C19H22F2N6O3/c1-4-5-15(10(2)24-19(28)29)26-17-13(20)6-11(8-22)16(27-17)25-12-7-14(21)18(30-3)23-9-12/h6-7,9-10,15,24H,4-5H2,1-3H3,(H,28,29)(H2,25,26,27)/t10-,15+/m0/s1. The van der Waals surface area contributed by atoms with Crippen molar-refractivity contribution in [2.45, 2.75) is 38.8 Å². The number of rotatable bonds is 9. The van der Waals surface area contributed by atoms with E-state index in [9.17, 15) is 18.8 Å². The molecule has 0 radical (unpaired) electrons. The van der Waals surface area contributed by atoms with E-state index in [2.05, 4.69) is 25.9 Å². The van der Waals surface area contributed by atoms with Crippen molar-refractivity contribution in [3.05, 3.63) is 35.5 Å². The van der Waals surface area contributed by atoms with Crippen molar-refractivity contribution in [1.82, 2.24) is 15.3 Å². The van der Waals surface area contributed by atoms with E-state index >= 15 is 0 Å². The summed E-state index contributed by atoms with van der Waals surface area (Å²) in [6.45, 7) is 3.55. The summed E-state index contributed by atoms with van der Waals surface area (Å²) in [5.74, 6) is -1.88. The molecule has 2 heterocycles. The molecular weight excluding hydrogens is 398 g/mol. The van der Waals surface area contributed by atoms with E-state index in [1.807, 2.05) is 13.0 Å². The molecule has 0 aliphatic rings. The van der Waals surface area contributed by atoms with Gasteiger partial charge in [-0.1, -0.05) is 13.3 Å². The highest BCUT2D eigenvalue weighted by atomic mass is 19.1. The van der Waals surface area contributed by atoms with Crippen LogP contribution in [0.4, 0.5) is 30.9 Å². The van der Waals surface area contributed by atoms with Crippen molar-refractivity contribution >= 4 is 23.4 Å². The molecule has 0 aromatic carbocycles. The number of carboxylic acid groups (broad SMARTS) is 1. The van der Waals surface area contributed by atoms with Gasteiger partial charge in [0.05, 0.1) is 24.6 Å². The first-order chi connectivity index (χ1) is 14.3. The zero-order chi connectivity index (χ0) is 22.3. The number of nitrogens with zero attached hydrogens (tertiary/aromatic N) is 3. The Hall–Kier alpha value is -3.68. The Morgan fingerprint density at radius 3 is 2.63 bits per heavy atom. The third-order valence-electron chi connectivity index (χ3n) is 4.24. The van der Waals surface area contributed by atoms with Crippen LogP contribution < -0.4 is 20.7 Å². The molecule has 0 saturated carbocycles. The Bertz CT molecular complexity index is 951. The smallest absolute Gasteiger partial charge is 0.404 e. The van der Waals surface area contributed by atoms with Crippen LogP contribution in [0.15, 0.2) is 18.3 Å². The van der Waals surface area contributed by atoms with Gasteiger partial charge >= 0.3 is 6.09 Å². The Morgan fingerprint density at radius 1 is 1.33 bits per heavy atom. The minimum Gasteiger partial charge on any atom is -0.479 e. The van der Waals surface area contributed by atoms with Crippen LogP contribution in [0.5, 0.6) is 5.88 Å². The van der Waals surface area contributed by atoms with Gasteiger partial charge in [-0.05, 0) is 19.4 Å². The van der Waals surface area contributed by atoms with Crippen LogP contribution in [0.3, 0.4) is 0 Å². The first-order valence-electron chi connectivity index (χ1n) is 9.12.